The smallest absolute Gasteiger partial charge is 0.206 e. The van der Waals surface area contributed by atoms with Gasteiger partial charge in [-0.25, -0.2) is 0 Å². The van der Waals surface area contributed by atoms with Gasteiger partial charge < -0.3 is 28.2 Å². The van der Waals surface area contributed by atoms with Crippen LogP contribution in [0.1, 0.15) is 5.76 Å². The van der Waals surface area contributed by atoms with Gasteiger partial charge in [0.15, 0.2) is 16.6 Å². The number of aliphatic hydroxyl groups is 1. The fourth-order valence-electron chi connectivity index (χ4n) is 3.54. The Kier molecular flexibility index (Phi) is 5.25. The van der Waals surface area contributed by atoms with E-state index in [0.717, 1.165) is 13.1 Å². The average Bonchev–Trinajstić information content (AvgIpc) is 3.15. The molecule has 28 heavy (non-hydrogen) atoms. The molecule has 150 valence electrons. The fourth-order valence-corrected chi connectivity index (χ4v) is 3.54. The highest BCUT2D eigenvalue weighted by molar-refractivity contribution is 6.06. The monoisotopic (exact) mass is 389 g/mol. The first-order valence-corrected chi connectivity index (χ1v) is 9.21. The molecule has 3 heterocycles. The minimum atomic E-state index is -0.713. The molecular weight excluding hydrogens is 366 g/mol. The van der Waals surface area contributed by atoms with Crippen LogP contribution in [0, 0.1) is 6.92 Å². The Labute approximate surface area is 161 Å². The van der Waals surface area contributed by atoms with Gasteiger partial charge >= 0.3 is 0 Å². The summed E-state index contributed by atoms with van der Waals surface area (Å²) in [5, 5.41) is 11.3. The summed E-state index contributed by atoms with van der Waals surface area (Å²) in [6.45, 7) is 5.07. The predicted molar refractivity (Wildman–Crippen MR) is 102 cm³/mol. The third-order valence-electron chi connectivity index (χ3n) is 4.82. The van der Waals surface area contributed by atoms with Crippen LogP contribution in [-0.2, 0) is 4.74 Å². The van der Waals surface area contributed by atoms with Crippen molar-refractivity contribution in [2.75, 3.05) is 46.6 Å². The van der Waals surface area contributed by atoms with Crippen LogP contribution >= 0.6 is 0 Å². The lowest BCUT2D eigenvalue weighted by molar-refractivity contribution is 0.00492. The maximum Gasteiger partial charge on any atom is 0.206 e. The first-order chi connectivity index (χ1) is 13.6. The van der Waals surface area contributed by atoms with E-state index in [1.807, 2.05) is 0 Å². The number of aliphatic hydroxyl groups excluding tert-OH is 1. The zero-order valence-corrected chi connectivity index (χ0v) is 15.9. The molecule has 3 aromatic rings. The molecule has 0 bridgehead atoms. The molecule has 8 nitrogen and oxygen atoms in total. The number of β-amino-alcohol motifs (C(OH)–C–C–N with tert-alkyl or cyclic N) is 1. The van der Waals surface area contributed by atoms with Gasteiger partial charge in [-0.1, -0.05) is 0 Å². The van der Waals surface area contributed by atoms with Gasteiger partial charge in [-0.3, -0.25) is 9.69 Å². The molecular formula is C20H23NO7. The number of ether oxygens (including phenoxy) is 3. The lowest BCUT2D eigenvalue weighted by atomic mass is 10.1. The van der Waals surface area contributed by atoms with Crippen molar-refractivity contribution < 1.29 is 28.2 Å². The van der Waals surface area contributed by atoms with Crippen molar-refractivity contribution in [3.8, 4) is 11.5 Å². The third kappa shape index (κ3) is 3.46. The van der Waals surface area contributed by atoms with E-state index >= 15 is 0 Å². The van der Waals surface area contributed by atoms with E-state index in [4.69, 9.17) is 23.0 Å². The molecule has 1 N–H and O–H groups in total. The summed E-state index contributed by atoms with van der Waals surface area (Å²) in [5.74, 6) is 1.13. The van der Waals surface area contributed by atoms with Gasteiger partial charge in [-0.2, -0.15) is 0 Å². The summed E-state index contributed by atoms with van der Waals surface area (Å²) in [6.07, 6.45) is 0.787. The molecule has 0 amide bonds. The van der Waals surface area contributed by atoms with Crippen LogP contribution in [-0.4, -0.2) is 62.7 Å². The summed E-state index contributed by atoms with van der Waals surface area (Å²) < 4.78 is 28.0. The molecule has 2 aromatic heterocycles. The van der Waals surface area contributed by atoms with E-state index in [1.165, 1.54) is 19.4 Å². The number of nitrogens with zero attached hydrogens (tertiary/aromatic N) is 1. The largest absolute Gasteiger partial charge is 0.490 e. The number of fused-ring (bicyclic) bond motifs is 2. The lowest BCUT2D eigenvalue weighted by Crippen LogP contribution is -2.42. The molecule has 1 unspecified atom stereocenters. The summed E-state index contributed by atoms with van der Waals surface area (Å²) in [4.78, 5) is 14.8. The van der Waals surface area contributed by atoms with Crippen LogP contribution in [0.3, 0.4) is 0 Å². The van der Waals surface area contributed by atoms with E-state index in [0.29, 0.717) is 48.0 Å². The molecule has 1 aliphatic rings. The predicted octanol–water partition coefficient (Wildman–Crippen LogP) is 1.93. The molecule has 0 saturated carbocycles. The highest BCUT2D eigenvalue weighted by Gasteiger charge is 2.24. The van der Waals surface area contributed by atoms with Gasteiger partial charge in [0.2, 0.25) is 5.75 Å². The Morgan fingerprint density at radius 3 is 2.79 bits per heavy atom. The molecule has 8 heteroatoms. The molecule has 1 fully saturated rings. The standard InChI is InChI=1S/C20H23NO7/c1-12-9-15(23)16-17(27-11-13(22)10-21-4-7-25-8-5-21)14-3-6-26-18(14)20(24-2)19(16)28-12/h3,6,9,13,22H,4-5,7-8,10-11H2,1-2H3. The molecule has 1 saturated heterocycles. The van der Waals surface area contributed by atoms with Crippen LogP contribution in [0.25, 0.3) is 21.9 Å². The van der Waals surface area contributed by atoms with E-state index < -0.39 is 6.10 Å². The summed E-state index contributed by atoms with van der Waals surface area (Å²) in [6, 6.07) is 3.12. The van der Waals surface area contributed by atoms with Gasteiger partial charge in [0.05, 0.1) is 32.0 Å². The quantitative estimate of drug-likeness (QED) is 0.683. The molecule has 1 aliphatic heterocycles. The van der Waals surface area contributed by atoms with Crippen molar-refractivity contribution in [1.29, 1.82) is 0 Å². The van der Waals surface area contributed by atoms with E-state index in [-0.39, 0.29) is 23.0 Å². The van der Waals surface area contributed by atoms with Crippen molar-refractivity contribution in [1.82, 2.24) is 4.90 Å². The summed E-state index contributed by atoms with van der Waals surface area (Å²) in [7, 11) is 1.49. The average molecular weight is 389 g/mol. The number of hydrogen-bond acceptors (Lipinski definition) is 8. The SMILES string of the molecule is COc1c2occc2c(OCC(O)CN2CCOCC2)c2c(=O)cc(C)oc12. The zero-order chi connectivity index (χ0) is 19.7. The van der Waals surface area contributed by atoms with E-state index in [1.54, 1.807) is 13.0 Å². The van der Waals surface area contributed by atoms with Crippen molar-refractivity contribution in [3.05, 3.63) is 34.4 Å². The van der Waals surface area contributed by atoms with Crippen LogP contribution in [0.2, 0.25) is 0 Å². The zero-order valence-electron chi connectivity index (χ0n) is 15.9. The number of aryl methyl sites for hydroxylation is 1. The van der Waals surface area contributed by atoms with E-state index in [2.05, 4.69) is 4.90 Å². The Hall–Kier alpha value is -2.55. The van der Waals surface area contributed by atoms with Crippen LogP contribution in [0.4, 0.5) is 0 Å². The molecule has 4 rings (SSSR count). The number of rotatable bonds is 6. The Morgan fingerprint density at radius 2 is 2.04 bits per heavy atom. The lowest BCUT2D eigenvalue weighted by Gasteiger charge is -2.28. The number of furan rings is 1. The second kappa shape index (κ2) is 7.83. The fraction of sp³-hybridized carbons (Fsp3) is 0.450. The van der Waals surface area contributed by atoms with Crippen molar-refractivity contribution in [2.24, 2.45) is 0 Å². The number of methoxy groups -OCH3 is 1. The molecule has 0 radical (unpaired) electrons. The van der Waals surface area contributed by atoms with Crippen LogP contribution in [0.15, 0.2) is 32.0 Å². The van der Waals surface area contributed by atoms with Gasteiger partial charge in [0.25, 0.3) is 0 Å². The van der Waals surface area contributed by atoms with Gasteiger partial charge in [0, 0.05) is 25.7 Å². The van der Waals surface area contributed by atoms with Crippen molar-refractivity contribution in [2.45, 2.75) is 13.0 Å². The van der Waals surface area contributed by atoms with Gasteiger partial charge in [-0.05, 0) is 13.0 Å². The first-order valence-electron chi connectivity index (χ1n) is 9.21. The topological polar surface area (TPSA) is 94.5 Å². The molecule has 0 spiro atoms. The second-order valence-corrected chi connectivity index (χ2v) is 6.83. The Balaban J connectivity index is 1.69. The highest BCUT2D eigenvalue weighted by Crippen LogP contribution is 2.42. The second-order valence-electron chi connectivity index (χ2n) is 6.83. The van der Waals surface area contributed by atoms with E-state index in [9.17, 15) is 9.90 Å². The number of hydrogen-bond donors (Lipinski definition) is 1. The number of benzene rings is 1. The third-order valence-corrected chi connectivity index (χ3v) is 4.82. The summed E-state index contributed by atoms with van der Waals surface area (Å²) >= 11 is 0. The molecule has 1 aromatic carbocycles. The highest BCUT2D eigenvalue weighted by atomic mass is 16.5. The van der Waals surface area contributed by atoms with Crippen molar-refractivity contribution >= 4 is 21.9 Å². The van der Waals surface area contributed by atoms with Gasteiger partial charge in [0.1, 0.15) is 29.6 Å². The molecule has 1 atom stereocenters. The maximum absolute atomic E-state index is 12.7. The first kappa shape index (κ1) is 18.8. The summed E-state index contributed by atoms with van der Waals surface area (Å²) in [5.41, 5.74) is 0.465. The maximum atomic E-state index is 12.7. The normalized spacial score (nSPS) is 16.5. The van der Waals surface area contributed by atoms with Crippen LogP contribution in [0.5, 0.6) is 11.5 Å². The van der Waals surface area contributed by atoms with Crippen LogP contribution < -0.4 is 14.9 Å². The minimum absolute atomic E-state index is 0.0341. The number of morpholine rings is 1. The van der Waals surface area contributed by atoms with Crippen molar-refractivity contribution in [3.63, 3.8) is 0 Å². The Bertz CT molecular complexity index is 1030. The molecule has 0 aliphatic carbocycles. The Morgan fingerprint density at radius 1 is 1.25 bits per heavy atom. The van der Waals surface area contributed by atoms with Gasteiger partial charge in [-0.15, -0.1) is 0 Å². The minimum Gasteiger partial charge on any atom is -0.490 e.